The zero-order chi connectivity index (χ0) is 22.8. The summed E-state index contributed by atoms with van der Waals surface area (Å²) in [6, 6.07) is 8.20. The van der Waals surface area contributed by atoms with Crippen LogP contribution in [0.4, 0.5) is 29.3 Å². The quantitative estimate of drug-likeness (QED) is 0.421. The van der Waals surface area contributed by atoms with Crippen molar-refractivity contribution in [2.45, 2.75) is 44.3 Å². The number of rotatable bonds is 6. The lowest BCUT2D eigenvalue weighted by Gasteiger charge is -2.30. The summed E-state index contributed by atoms with van der Waals surface area (Å²) in [6.45, 7) is -0.269. The first-order valence-electron chi connectivity index (χ1n) is 10.6. The minimum absolute atomic E-state index is 0.00645. The summed E-state index contributed by atoms with van der Waals surface area (Å²) in [5, 5.41) is 7.40. The molecule has 1 aliphatic rings. The van der Waals surface area contributed by atoms with Crippen molar-refractivity contribution < 1.29 is 17.6 Å². The molecular weight excluding hydrogens is 422 g/mol. The van der Waals surface area contributed by atoms with E-state index in [0.717, 1.165) is 42.4 Å². The number of nitrogens with zero attached hydrogens (tertiary/aromatic N) is 3. The van der Waals surface area contributed by atoms with Crippen molar-refractivity contribution >= 4 is 22.7 Å². The first kappa shape index (κ1) is 22.3. The number of hydrogen-bond acceptors (Lipinski definition) is 5. The number of para-hydroxylation sites is 1. The van der Waals surface area contributed by atoms with Crippen molar-refractivity contribution in [2.24, 2.45) is 0 Å². The molecule has 170 valence electrons. The fourth-order valence-corrected chi connectivity index (χ4v) is 4.11. The van der Waals surface area contributed by atoms with E-state index in [-0.39, 0.29) is 24.7 Å². The van der Waals surface area contributed by atoms with Crippen LogP contribution < -0.4 is 15.5 Å². The van der Waals surface area contributed by atoms with Gasteiger partial charge in [0.05, 0.1) is 5.52 Å². The molecule has 32 heavy (non-hydrogen) atoms. The molecule has 1 fully saturated rings. The van der Waals surface area contributed by atoms with E-state index >= 15 is 0 Å². The third-order valence-electron chi connectivity index (χ3n) is 5.84. The van der Waals surface area contributed by atoms with Gasteiger partial charge >= 0.3 is 0 Å². The van der Waals surface area contributed by atoms with Gasteiger partial charge in [-0.15, -0.1) is 0 Å². The van der Waals surface area contributed by atoms with Gasteiger partial charge in [-0.1, -0.05) is 12.1 Å². The highest BCUT2D eigenvalue weighted by Crippen LogP contribution is 2.27. The molecule has 5 nitrogen and oxygen atoms in total. The standard InChI is InChI=1S/C23H25F4N5/c1-32(2)22-15-5-3-4-6-19(15)30-23(31-22)29-14-9-7-13(8-10-14)28-12-16-20(26)17(24)11-18(25)21(16)27/h3-6,11,13-14,28H,7-10,12H2,1-2H3,(H,29,30,31)/t13-,14+. The molecular formula is C23H25F4N5. The molecule has 0 radical (unpaired) electrons. The van der Waals surface area contributed by atoms with E-state index in [2.05, 4.69) is 20.6 Å². The topological polar surface area (TPSA) is 53.1 Å². The zero-order valence-electron chi connectivity index (χ0n) is 17.9. The second-order valence-electron chi connectivity index (χ2n) is 8.30. The SMILES string of the molecule is CN(C)c1nc(N[C@H]2CC[C@@H](NCc3c(F)c(F)cc(F)c3F)CC2)nc2ccccc12. The number of fused-ring (bicyclic) bond motifs is 1. The van der Waals surface area contributed by atoms with Gasteiger partial charge in [0.2, 0.25) is 5.95 Å². The number of halogens is 4. The maximum Gasteiger partial charge on any atom is 0.225 e. The van der Waals surface area contributed by atoms with Crippen LogP contribution in [0.1, 0.15) is 31.2 Å². The summed E-state index contributed by atoms with van der Waals surface area (Å²) < 4.78 is 54.5. The van der Waals surface area contributed by atoms with Crippen LogP contribution in [-0.4, -0.2) is 36.1 Å². The van der Waals surface area contributed by atoms with Gasteiger partial charge in [-0.2, -0.15) is 4.98 Å². The summed E-state index contributed by atoms with van der Waals surface area (Å²) in [5.74, 6) is -4.08. The first-order valence-corrected chi connectivity index (χ1v) is 10.6. The van der Waals surface area contributed by atoms with Crippen LogP contribution in [0, 0.1) is 23.3 Å². The molecule has 0 atom stereocenters. The highest BCUT2D eigenvalue weighted by Gasteiger charge is 2.24. The van der Waals surface area contributed by atoms with Crippen LogP contribution in [0.15, 0.2) is 30.3 Å². The molecule has 3 aromatic rings. The number of aromatic nitrogens is 2. The monoisotopic (exact) mass is 447 g/mol. The van der Waals surface area contributed by atoms with Crippen LogP contribution >= 0.6 is 0 Å². The Labute approximate surface area is 183 Å². The third-order valence-corrected chi connectivity index (χ3v) is 5.84. The summed E-state index contributed by atoms with van der Waals surface area (Å²) in [4.78, 5) is 11.2. The average Bonchev–Trinajstić information content (AvgIpc) is 2.78. The van der Waals surface area contributed by atoms with Gasteiger partial charge in [-0.3, -0.25) is 0 Å². The van der Waals surface area contributed by atoms with E-state index < -0.39 is 28.8 Å². The zero-order valence-corrected chi connectivity index (χ0v) is 17.9. The predicted molar refractivity (Wildman–Crippen MR) is 117 cm³/mol. The van der Waals surface area contributed by atoms with Crippen LogP contribution in [-0.2, 0) is 6.54 Å². The minimum atomic E-state index is -1.39. The normalized spacial score (nSPS) is 18.7. The molecule has 9 heteroatoms. The molecule has 0 saturated heterocycles. The Morgan fingerprint density at radius 2 is 1.53 bits per heavy atom. The summed E-state index contributed by atoms with van der Waals surface area (Å²) >= 11 is 0. The van der Waals surface area contributed by atoms with Crippen molar-refractivity contribution in [1.82, 2.24) is 15.3 Å². The molecule has 1 aliphatic carbocycles. The lowest BCUT2D eigenvalue weighted by Crippen LogP contribution is -2.37. The molecule has 0 bridgehead atoms. The van der Waals surface area contributed by atoms with Crippen molar-refractivity contribution in [3.8, 4) is 0 Å². The summed E-state index contributed by atoms with van der Waals surface area (Å²) in [6.07, 6.45) is 3.08. The second-order valence-corrected chi connectivity index (χ2v) is 8.30. The Bertz CT molecular complexity index is 1090. The molecule has 0 spiro atoms. The van der Waals surface area contributed by atoms with Crippen LogP contribution in [0.2, 0.25) is 0 Å². The Balaban J connectivity index is 1.37. The Morgan fingerprint density at radius 3 is 2.19 bits per heavy atom. The van der Waals surface area contributed by atoms with Crippen molar-refractivity contribution in [3.05, 3.63) is 59.2 Å². The molecule has 4 rings (SSSR count). The van der Waals surface area contributed by atoms with Gasteiger partial charge < -0.3 is 15.5 Å². The molecule has 0 amide bonds. The van der Waals surface area contributed by atoms with E-state index in [1.165, 1.54) is 0 Å². The fraction of sp³-hybridized carbons (Fsp3) is 0.391. The van der Waals surface area contributed by atoms with Gasteiger partial charge in [-0.05, 0) is 37.8 Å². The van der Waals surface area contributed by atoms with Gasteiger partial charge in [0.15, 0.2) is 23.3 Å². The lowest BCUT2D eigenvalue weighted by molar-refractivity contribution is 0.344. The van der Waals surface area contributed by atoms with Crippen LogP contribution in [0.3, 0.4) is 0 Å². The smallest absolute Gasteiger partial charge is 0.225 e. The van der Waals surface area contributed by atoms with Crippen molar-refractivity contribution in [1.29, 1.82) is 0 Å². The van der Waals surface area contributed by atoms with E-state index in [1.54, 1.807) is 0 Å². The number of anilines is 2. The average molecular weight is 447 g/mol. The van der Waals surface area contributed by atoms with Gasteiger partial charge in [-0.25, -0.2) is 22.5 Å². The summed E-state index contributed by atoms with van der Waals surface area (Å²) in [5.41, 5.74) is 0.249. The Hall–Kier alpha value is -2.94. The molecule has 2 aromatic carbocycles. The molecule has 0 aliphatic heterocycles. The van der Waals surface area contributed by atoms with E-state index in [0.29, 0.717) is 5.95 Å². The molecule has 1 aromatic heterocycles. The second kappa shape index (κ2) is 9.28. The minimum Gasteiger partial charge on any atom is -0.362 e. The van der Waals surface area contributed by atoms with Gasteiger partial charge in [0.25, 0.3) is 0 Å². The number of nitrogens with one attached hydrogen (secondary N) is 2. The highest BCUT2D eigenvalue weighted by molar-refractivity contribution is 5.90. The third kappa shape index (κ3) is 4.62. The Kier molecular flexibility index (Phi) is 6.45. The van der Waals surface area contributed by atoms with E-state index in [4.69, 9.17) is 0 Å². The van der Waals surface area contributed by atoms with E-state index in [1.807, 2.05) is 43.3 Å². The van der Waals surface area contributed by atoms with Crippen molar-refractivity contribution in [2.75, 3.05) is 24.3 Å². The van der Waals surface area contributed by atoms with E-state index in [9.17, 15) is 17.6 Å². The van der Waals surface area contributed by atoms with Crippen LogP contribution in [0.25, 0.3) is 10.9 Å². The van der Waals surface area contributed by atoms with Crippen molar-refractivity contribution in [3.63, 3.8) is 0 Å². The first-order chi connectivity index (χ1) is 15.3. The molecule has 2 N–H and O–H groups in total. The lowest BCUT2D eigenvalue weighted by atomic mass is 9.91. The fourth-order valence-electron chi connectivity index (χ4n) is 4.11. The predicted octanol–water partition coefficient (Wildman–Crippen LogP) is 4.77. The Morgan fingerprint density at radius 1 is 0.906 bits per heavy atom. The highest BCUT2D eigenvalue weighted by atomic mass is 19.2. The molecule has 0 unspecified atom stereocenters. The maximum atomic E-state index is 13.9. The maximum absolute atomic E-state index is 13.9. The number of benzene rings is 2. The molecule has 1 saturated carbocycles. The van der Waals surface area contributed by atoms with Gasteiger partial charge in [0, 0.05) is 49.7 Å². The number of hydrogen-bond donors (Lipinski definition) is 2. The van der Waals surface area contributed by atoms with Gasteiger partial charge in [0.1, 0.15) is 5.82 Å². The largest absolute Gasteiger partial charge is 0.362 e. The van der Waals surface area contributed by atoms with Crippen LogP contribution in [0.5, 0.6) is 0 Å². The molecule has 1 heterocycles. The summed E-state index contributed by atoms with van der Waals surface area (Å²) in [7, 11) is 3.87.